The number of carbonyl (C=O) groups is 2. The summed E-state index contributed by atoms with van der Waals surface area (Å²) in [6.07, 6.45) is -5.05. The predicted molar refractivity (Wildman–Crippen MR) is 97.6 cm³/mol. The summed E-state index contributed by atoms with van der Waals surface area (Å²) in [5.74, 6) is -1.64. The van der Waals surface area contributed by atoms with Crippen LogP contribution in [0.25, 0.3) is 0 Å². The fraction of sp³-hybridized carbons (Fsp3) is 0.222. The topological polar surface area (TPSA) is 113 Å². The molecule has 2 aromatic carbocycles. The number of nitro benzene ring substituents is 1. The second-order valence-electron chi connectivity index (χ2n) is 6.06. The van der Waals surface area contributed by atoms with Crippen molar-refractivity contribution >= 4 is 23.2 Å². The number of halogens is 4. The first kappa shape index (κ1) is 22.6. The minimum Gasteiger partial charge on any atom is -0.379 e. The van der Waals surface area contributed by atoms with Gasteiger partial charge in [-0.1, -0.05) is 12.1 Å². The Morgan fingerprint density at radius 3 is 2.23 bits per heavy atom. The van der Waals surface area contributed by atoms with Gasteiger partial charge in [-0.15, -0.1) is 0 Å². The number of nitrogens with one attached hydrogen (secondary N) is 3. The van der Waals surface area contributed by atoms with E-state index in [1.807, 2.05) is 0 Å². The number of hydrogen-bond acceptors (Lipinski definition) is 5. The van der Waals surface area contributed by atoms with Crippen LogP contribution in [0.5, 0.6) is 0 Å². The number of carbonyl (C=O) groups excluding carboxylic acids is 2. The molecule has 2 amide bonds. The normalized spacial score (nSPS) is 10.9. The Hall–Kier alpha value is -3.70. The van der Waals surface area contributed by atoms with Gasteiger partial charge in [-0.3, -0.25) is 30.6 Å². The number of hydrazine groups is 1. The highest BCUT2D eigenvalue weighted by Crippen LogP contribution is 2.34. The van der Waals surface area contributed by atoms with Crippen molar-refractivity contribution in [3.05, 3.63) is 69.5 Å². The number of amides is 2. The predicted octanol–water partition coefficient (Wildman–Crippen LogP) is 2.94. The molecule has 0 bridgehead atoms. The van der Waals surface area contributed by atoms with Crippen LogP contribution in [0.1, 0.15) is 17.5 Å². The molecule has 0 radical (unpaired) electrons. The minimum atomic E-state index is -4.73. The van der Waals surface area contributed by atoms with Crippen LogP contribution in [0.15, 0.2) is 42.5 Å². The fourth-order valence-corrected chi connectivity index (χ4v) is 2.35. The molecule has 2 rings (SSSR count). The molecule has 0 spiro atoms. The smallest absolute Gasteiger partial charge is 0.379 e. The molecule has 160 valence electrons. The summed E-state index contributed by atoms with van der Waals surface area (Å²) < 4.78 is 50.8. The highest BCUT2D eigenvalue weighted by molar-refractivity contribution is 5.83. The lowest BCUT2D eigenvalue weighted by molar-refractivity contribution is -0.384. The fourth-order valence-electron chi connectivity index (χ4n) is 2.35. The monoisotopic (exact) mass is 428 g/mol. The van der Waals surface area contributed by atoms with Gasteiger partial charge in [0.15, 0.2) is 0 Å². The molecule has 2 aromatic rings. The van der Waals surface area contributed by atoms with Crippen molar-refractivity contribution in [3.8, 4) is 0 Å². The third kappa shape index (κ3) is 6.72. The van der Waals surface area contributed by atoms with E-state index in [1.54, 1.807) is 0 Å². The molecule has 0 saturated carbocycles. The highest BCUT2D eigenvalue weighted by Gasteiger charge is 2.33. The highest BCUT2D eigenvalue weighted by atomic mass is 19.4. The summed E-state index contributed by atoms with van der Waals surface area (Å²) in [5, 5.41) is 13.5. The average Bonchev–Trinajstić information content (AvgIpc) is 2.67. The van der Waals surface area contributed by atoms with Crippen molar-refractivity contribution in [2.24, 2.45) is 0 Å². The lowest BCUT2D eigenvalue weighted by Gasteiger charge is -2.11. The molecule has 0 unspecified atom stereocenters. The average molecular weight is 428 g/mol. The van der Waals surface area contributed by atoms with E-state index in [2.05, 4.69) is 16.2 Å². The number of nitro groups is 1. The summed E-state index contributed by atoms with van der Waals surface area (Å²) in [4.78, 5) is 33.5. The molecule has 30 heavy (non-hydrogen) atoms. The van der Waals surface area contributed by atoms with Gasteiger partial charge in [0.05, 0.1) is 16.9 Å². The number of alkyl halides is 3. The van der Waals surface area contributed by atoms with E-state index in [9.17, 15) is 37.3 Å². The van der Waals surface area contributed by atoms with Gasteiger partial charge in [-0.2, -0.15) is 13.2 Å². The van der Waals surface area contributed by atoms with Crippen LogP contribution in [0, 0.1) is 15.9 Å². The molecule has 0 aliphatic rings. The van der Waals surface area contributed by atoms with E-state index < -0.39 is 40.0 Å². The van der Waals surface area contributed by atoms with E-state index in [4.69, 9.17) is 0 Å². The number of nitrogens with zero attached hydrogens (tertiary/aromatic N) is 1. The summed E-state index contributed by atoms with van der Waals surface area (Å²) >= 11 is 0. The summed E-state index contributed by atoms with van der Waals surface area (Å²) in [6, 6.07) is 7.20. The van der Waals surface area contributed by atoms with Crippen molar-refractivity contribution in [2.75, 3.05) is 11.9 Å². The molecule has 12 heteroatoms. The van der Waals surface area contributed by atoms with Crippen LogP contribution >= 0.6 is 0 Å². The summed E-state index contributed by atoms with van der Waals surface area (Å²) in [5.41, 5.74) is 2.69. The van der Waals surface area contributed by atoms with Gasteiger partial charge in [0.25, 0.3) is 5.69 Å². The Labute approximate surface area is 167 Å². The van der Waals surface area contributed by atoms with Gasteiger partial charge in [0.2, 0.25) is 11.8 Å². The van der Waals surface area contributed by atoms with Crippen molar-refractivity contribution in [3.63, 3.8) is 0 Å². The van der Waals surface area contributed by atoms with Crippen molar-refractivity contribution in [1.82, 2.24) is 10.9 Å². The number of anilines is 1. The Balaban J connectivity index is 1.82. The molecule has 0 atom stereocenters. The molecular formula is C18H16F4N4O4. The van der Waals surface area contributed by atoms with Crippen molar-refractivity contribution in [2.45, 2.75) is 19.0 Å². The second-order valence-corrected chi connectivity index (χ2v) is 6.06. The van der Waals surface area contributed by atoms with Crippen molar-refractivity contribution < 1.29 is 32.1 Å². The van der Waals surface area contributed by atoms with Crippen LogP contribution in [-0.4, -0.2) is 23.3 Å². The molecule has 3 N–H and O–H groups in total. The zero-order chi connectivity index (χ0) is 22.3. The van der Waals surface area contributed by atoms with Crippen LogP contribution in [0.3, 0.4) is 0 Å². The largest absolute Gasteiger partial charge is 0.416 e. The molecule has 0 saturated heterocycles. The second kappa shape index (κ2) is 9.67. The third-order valence-corrected chi connectivity index (χ3v) is 3.81. The first-order valence-electron chi connectivity index (χ1n) is 8.48. The maximum Gasteiger partial charge on any atom is 0.416 e. The Morgan fingerprint density at radius 1 is 1.00 bits per heavy atom. The maximum atomic E-state index is 12.8. The summed E-state index contributed by atoms with van der Waals surface area (Å²) in [6.45, 7) is -0.133. The third-order valence-electron chi connectivity index (χ3n) is 3.81. The van der Waals surface area contributed by atoms with Gasteiger partial charge < -0.3 is 5.32 Å². The van der Waals surface area contributed by atoms with E-state index >= 15 is 0 Å². The van der Waals surface area contributed by atoms with Gasteiger partial charge in [0.1, 0.15) is 11.5 Å². The lowest BCUT2D eigenvalue weighted by Crippen LogP contribution is -2.42. The van der Waals surface area contributed by atoms with E-state index in [0.717, 1.165) is 6.07 Å². The number of hydrogen-bond donors (Lipinski definition) is 3. The number of benzene rings is 2. The van der Waals surface area contributed by atoms with Gasteiger partial charge in [0, 0.05) is 19.0 Å². The first-order chi connectivity index (χ1) is 14.1. The van der Waals surface area contributed by atoms with Crippen LogP contribution in [0.4, 0.5) is 28.9 Å². The van der Waals surface area contributed by atoms with Crippen molar-refractivity contribution in [1.29, 1.82) is 0 Å². The Bertz CT molecular complexity index is 933. The van der Waals surface area contributed by atoms with Gasteiger partial charge in [-0.25, -0.2) is 4.39 Å². The van der Waals surface area contributed by atoms with Gasteiger partial charge >= 0.3 is 6.18 Å². The van der Waals surface area contributed by atoms with E-state index in [1.165, 1.54) is 24.3 Å². The minimum absolute atomic E-state index is 0.101. The molecule has 0 aliphatic heterocycles. The Kier molecular flexibility index (Phi) is 7.28. The van der Waals surface area contributed by atoms with E-state index in [0.29, 0.717) is 17.7 Å². The molecule has 0 heterocycles. The molecule has 0 fully saturated rings. The molecule has 0 aromatic heterocycles. The molecular weight excluding hydrogens is 412 g/mol. The summed E-state index contributed by atoms with van der Waals surface area (Å²) in [7, 11) is 0. The molecule has 0 aliphatic carbocycles. The van der Waals surface area contributed by atoms with E-state index in [-0.39, 0.29) is 25.1 Å². The standard InChI is InChI=1S/C18H16F4N4O4/c19-13-4-1-11(2-5-13)9-17(28)25-24-16(27)7-8-23-14-6-3-12(18(20,21)22)10-15(14)26(29)30/h1-6,10,23H,7-9H2,(H,24,27)(H,25,28). The quantitative estimate of drug-likeness (QED) is 0.357. The van der Waals surface area contributed by atoms with Crippen LogP contribution in [-0.2, 0) is 22.2 Å². The van der Waals surface area contributed by atoms with Crippen LogP contribution < -0.4 is 16.2 Å². The Morgan fingerprint density at radius 2 is 1.63 bits per heavy atom. The number of rotatable bonds is 7. The maximum absolute atomic E-state index is 12.8. The zero-order valence-corrected chi connectivity index (χ0v) is 15.3. The lowest BCUT2D eigenvalue weighted by atomic mass is 10.1. The molecule has 8 nitrogen and oxygen atoms in total. The SMILES string of the molecule is O=C(CCNc1ccc(C(F)(F)F)cc1[N+](=O)[O-])NNC(=O)Cc1ccc(F)cc1. The zero-order valence-electron chi connectivity index (χ0n) is 15.3. The van der Waals surface area contributed by atoms with Crippen LogP contribution in [0.2, 0.25) is 0 Å². The van der Waals surface area contributed by atoms with Gasteiger partial charge in [-0.05, 0) is 29.8 Å². The first-order valence-corrected chi connectivity index (χ1v) is 8.48.